The maximum Gasteiger partial charge on any atom is 0.243 e. The molecule has 3 nitrogen and oxygen atoms in total. The van der Waals surface area contributed by atoms with Crippen molar-refractivity contribution >= 4 is 39.1 Å². The van der Waals surface area contributed by atoms with Crippen LogP contribution in [0, 0.1) is 0 Å². The van der Waals surface area contributed by atoms with Crippen LogP contribution in [0.25, 0.3) is 0 Å². The molecule has 1 saturated heterocycles. The highest BCUT2D eigenvalue weighted by Gasteiger charge is 2.26. The Bertz CT molecular complexity index is 424. The molecule has 1 heterocycles. The number of nitrogens with two attached hydrogens (primary N) is 1. The van der Waals surface area contributed by atoms with Crippen LogP contribution in [0.5, 0.6) is 0 Å². The first-order valence-electron chi connectivity index (χ1n) is 5.11. The fourth-order valence-corrected chi connectivity index (χ4v) is 2.23. The van der Waals surface area contributed by atoms with Gasteiger partial charge in [-0.2, -0.15) is 0 Å². The van der Waals surface area contributed by atoms with Gasteiger partial charge >= 0.3 is 0 Å². The summed E-state index contributed by atoms with van der Waals surface area (Å²) in [4.78, 5) is 13.6. The fraction of sp³-hybridized carbons (Fsp3) is 0.364. The average molecular weight is 304 g/mol. The van der Waals surface area contributed by atoms with E-state index in [1.165, 1.54) is 0 Å². The Balaban J connectivity index is 2.29. The van der Waals surface area contributed by atoms with Gasteiger partial charge in [0, 0.05) is 16.7 Å². The number of piperidine rings is 1. The molecule has 1 aliphatic rings. The third-order valence-electron chi connectivity index (χ3n) is 2.69. The minimum atomic E-state index is -0.379. The lowest BCUT2D eigenvalue weighted by atomic mass is 10.1. The molecule has 0 bridgehead atoms. The number of carbonyl (C=O) groups excluding carboxylic acids is 1. The Hall–Kier alpha value is -0.580. The van der Waals surface area contributed by atoms with Crippen LogP contribution in [-0.4, -0.2) is 18.5 Å². The van der Waals surface area contributed by atoms with Crippen molar-refractivity contribution in [3.8, 4) is 0 Å². The van der Waals surface area contributed by atoms with E-state index in [4.69, 9.17) is 17.3 Å². The summed E-state index contributed by atoms with van der Waals surface area (Å²) >= 11 is 9.32. The van der Waals surface area contributed by atoms with Gasteiger partial charge < -0.3 is 10.6 Å². The average Bonchev–Trinajstić information content (AvgIpc) is 2.26. The van der Waals surface area contributed by atoms with Gasteiger partial charge in [-0.1, -0.05) is 11.6 Å². The van der Waals surface area contributed by atoms with Crippen molar-refractivity contribution in [3.63, 3.8) is 0 Å². The Morgan fingerprint density at radius 2 is 2.25 bits per heavy atom. The van der Waals surface area contributed by atoms with Crippen LogP contribution in [0.2, 0.25) is 5.02 Å². The van der Waals surface area contributed by atoms with Crippen molar-refractivity contribution in [2.75, 3.05) is 11.4 Å². The number of benzene rings is 1. The SMILES string of the molecule is NC1CCCN(c2ccc(Br)c(Cl)c2)C1=O. The lowest BCUT2D eigenvalue weighted by Gasteiger charge is -2.30. The molecule has 2 N–H and O–H groups in total. The molecule has 86 valence electrons. The third kappa shape index (κ3) is 2.24. The molecule has 16 heavy (non-hydrogen) atoms. The zero-order valence-corrected chi connectivity index (χ0v) is 11.0. The number of hydrogen-bond acceptors (Lipinski definition) is 2. The van der Waals surface area contributed by atoms with Gasteiger partial charge in [-0.05, 0) is 47.0 Å². The lowest BCUT2D eigenvalue weighted by Crippen LogP contribution is -2.48. The smallest absolute Gasteiger partial charge is 0.243 e. The first-order valence-corrected chi connectivity index (χ1v) is 6.28. The van der Waals surface area contributed by atoms with E-state index in [1.54, 1.807) is 11.0 Å². The lowest BCUT2D eigenvalue weighted by molar-refractivity contribution is -0.120. The standard InChI is InChI=1S/C11H12BrClN2O/c12-8-4-3-7(6-9(8)13)15-5-1-2-10(14)11(15)16/h3-4,6,10H,1-2,5,14H2. The Morgan fingerprint density at radius 1 is 1.50 bits per heavy atom. The first kappa shape index (κ1) is 11.9. The highest BCUT2D eigenvalue weighted by atomic mass is 79.9. The zero-order valence-electron chi connectivity index (χ0n) is 8.62. The van der Waals surface area contributed by atoms with Crippen molar-refractivity contribution in [2.45, 2.75) is 18.9 Å². The molecule has 1 aromatic carbocycles. The normalized spacial score (nSPS) is 21.3. The van der Waals surface area contributed by atoms with Gasteiger partial charge in [0.25, 0.3) is 0 Å². The number of halogens is 2. The highest BCUT2D eigenvalue weighted by molar-refractivity contribution is 9.10. The van der Waals surface area contributed by atoms with E-state index in [1.807, 2.05) is 12.1 Å². The van der Waals surface area contributed by atoms with Crippen LogP contribution in [-0.2, 0) is 4.79 Å². The summed E-state index contributed by atoms with van der Waals surface area (Å²) < 4.78 is 0.826. The van der Waals surface area contributed by atoms with Gasteiger partial charge in [0.05, 0.1) is 11.1 Å². The van der Waals surface area contributed by atoms with Gasteiger partial charge in [-0.15, -0.1) is 0 Å². The molecule has 0 saturated carbocycles. The van der Waals surface area contributed by atoms with Gasteiger partial charge in [0.2, 0.25) is 5.91 Å². The molecule has 1 aliphatic heterocycles. The topological polar surface area (TPSA) is 46.3 Å². The van der Waals surface area contributed by atoms with E-state index in [0.717, 1.165) is 23.0 Å². The largest absolute Gasteiger partial charge is 0.320 e. The summed E-state index contributed by atoms with van der Waals surface area (Å²) in [5.41, 5.74) is 6.55. The molecule has 1 aromatic rings. The number of amides is 1. The summed E-state index contributed by atoms with van der Waals surface area (Å²) in [6, 6.07) is 5.11. The Kier molecular flexibility index (Phi) is 3.52. The highest BCUT2D eigenvalue weighted by Crippen LogP contribution is 2.29. The second-order valence-electron chi connectivity index (χ2n) is 3.84. The second-order valence-corrected chi connectivity index (χ2v) is 5.10. The molecule has 2 rings (SSSR count). The molecular weight excluding hydrogens is 291 g/mol. The monoisotopic (exact) mass is 302 g/mol. The summed E-state index contributed by atoms with van der Waals surface area (Å²) in [6.07, 6.45) is 1.69. The van der Waals surface area contributed by atoms with Crippen LogP contribution in [0.4, 0.5) is 5.69 Å². The molecule has 0 spiro atoms. The van der Waals surface area contributed by atoms with Crippen LogP contribution in [0.3, 0.4) is 0 Å². The van der Waals surface area contributed by atoms with Crippen molar-refractivity contribution in [1.29, 1.82) is 0 Å². The van der Waals surface area contributed by atoms with Gasteiger partial charge in [-0.3, -0.25) is 4.79 Å². The van der Waals surface area contributed by atoms with Gasteiger partial charge in [-0.25, -0.2) is 0 Å². The molecular formula is C11H12BrClN2O. The molecule has 0 aliphatic carbocycles. The van der Waals surface area contributed by atoms with Crippen molar-refractivity contribution in [2.24, 2.45) is 5.73 Å². The summed E-state index contributed by atoms with van der Waals surface area (Å²) in [5, 5.41) is 0.601. The molecule has 1 atom stereocenters. The summed E-state index contributed by atoms with van der Waals surface area (Å²) in [5.74, 6) is -0.0235. The molecule has 0 aromatic heterocycles. The van der Waals surface area contributed by atoms with E-state index in [-0.39, 0.29) is 11.9 Å². The van der Waals surface area contributed by atoms with E-state index in [2.05, 4.69) is 15.9 Å². The van der Waals surface area contributed by atoms with E-state index < -0.39 is 0 Å². The van der Waals surface area contributed by atoms with Crippen LogP contribution >= 0.6 is 27.5 Å². The van der Waals surface area contributed by atoms with Crippen molar-refractivity contribution in [1.82, 2.24) is 0 Å². The van der Waals surface area contributed by atoms with E-state index in [0.29, 0.717) is 11.6 Å². The quantitative estimate of drug-likeness (QED) is 0.866. The van der Waals surface area contributed by atoms with Crippen molar-refractivity contribution in [3.05, 3.63) is 27.7 Å². The van der Waals surface area contributed by atoms with Gasteiger partial charge in [0.1, 0.15) is 0 Å². The number of anilines is 1. The number of rotatable bonds is 1. The van der Waals surface area contributed by atoms with Crippen LogP contribution in [0.1, 0.15) is 12.8 Å². The Morgan fingerprint density at radius 3 is 2.94 bits per heavy atom. The predicted molar refractivity (Wildman–Crippen MR) is 68.7 cm³/mol. The minimum absolute atomic E-state index is 0.0235. The van der Waals surface area contributed by atoms with E-state index >= 15 is 0 Å². The summed E-state index contributed by atoms with van der Waals surface area (Å²) in [7, 11) is 0. The number of hydrogen-bond donors (Lipinski definition) is 1. The molecule has 1 amide bonds. The second kappa shape index (κ2) is 4.73. The van der Waals surface area contributed by atoms with Crippen molar-refractivity contribution < 1.29 is 4.79 Å². The van der Waals surface area contributed by atoms with Crippen LogP contribution < -0.4 is 10.6 Å². The fourth-order valence-electron chi connectivity index (χ4n) is 1.81. The molecule has 1 fully saturated rings. The first-order chi connectivity index (χ1) is 7.59. The van der Waals surface area contributed by atoms with Gasteiger partial charge in [0.15, 0.2) is 0 Å². The predicted octanol–water partition coefficient (Wildman–Crippen LogP) is 2.56. The minimum Gasteiger partial charge on any atom is -0.320 e. The molecule has 1 unspecified atom stereocenters. The summed E-state index contributed by atoms with van der Waals surface area (Å²) in [6.45, 7) is 0.713. The maximum atomic E-state index is 11.9. The number of nitrogens with zero attached hydrogens (tertiary/aromatic N) is 1. The van der Waals surface area contributed by atoms with Crippen LogP contribution in [0.15, 0.2) is 22.7 Å². The molecule has 0 radical (unpaired) electrons. The maximum absolute atomic E-state index is 11.9. The third-order valence-corrected chi connectivity index (χ3v) is 3.93. The number of carbonyl (C=O) groups is 1. The van der Waals surface area contributed by atoms with E-state index in [9.17, 15) is 4.79 Å². The molecule has 5 heteroatoms. The zero-order chi connectivity index (χ0) is 11.7. The Labute approximate surface area is 108 Å².